The van der Waals surface area contributed by atoms with E-state index in [0.29, 0.717) is 12.4 Å². The van der Waals surface area contributed by atoms with E-state index in [0.717, 1.165) is 56.1 Å². The summed E-state index contributed by atoms with van der Waals surface area (Å²) in [6.45, 7) is 4.31. The first-order valence-electron chi connectivity index (χ1n) is 11.2. The first-order valence-corrected chi connectivity index (χ1v) is 11.2. The van der Waals surface area contributed by atoms with Crippen molar-refractivity contribution >= 4 is 29.0 Å². The second-order valence-electron chi connectivity index (χ2n) is 8.74. The molecule has 1 aromatic carbocycles. The van der Waals surface area contributed by atoms with Gasteiger partial charge < -0.3 is 15.1 Å². The summed E-state index contributed by atoms with van der Waals surface area (Å²) in [6.07, 6.45) is 8.04. The van der Waals surface area contributed by atoms with Gasteiger partial charge in [-0.05, 0) is 44.2 Å². The monoisotopic (exact) mass is 406 g/mol. The number of hydrogen-bond donors (Lipinski definition) is 1. The van der Waals surface area contributed by atoms with Crippen molar-refractivity contribution in [2.75, 3.05) is 48.3 Å². The molecule has 1 amide bonds. The Morgan fingerprint density at radius 1 is 1.00 bits per heavy atom. The number of nitrogens with zero attached hydrogens (tertiary/aromatic N) is 5. The summed E-state index contributed by atoms with van der Waals surface area (Å²) in [6, 6.07) is 8.75. The van der Waals surface area contributed by atoms with Gasteiger partial charge in [-0.1, -0.05) is 19.3 Å². The molecule has 2 aromatic rings. The lowest BCUT2D eigenvalue weighted by atomic mass is 9.94. The fraction of sp³-hybridized carbons (Fsp3) is 0.522. The number of hydrogen-bond acceptors (Lipinski definition) is 6. The second kappa shape index (κ2) is 8.22. The smallest absolute Gasteiger partial charge is 0.233 e. The summed E-state index contributed by atoms with van der Waals surface area (Å²) < 4.78 is 0. The molecule has 0 bridgehead atoms. The third-order valence-corrected chi connectivity index (χ3v) is 6.61. The van der Waals surface area contributed by atoms with Crippen LogP contribution in [0, 0.1) is 0 Å². The lowest BCUT2D eigenvalue weighted by molar-refractivity contribution is -0.118. The summed E-state index contributed by atoms with van der Waals surface area (Å²) in [5.74, 6) is 1.52. The van der Waals surface area contributed by atoms with Crippen LogP contribution in [0.25, 0.3) is 0 Å². The molecule has 3 heterocycles. The average Bonchev–Trinajstić information content (AvgIpc) is 3.10. The van der Waals surface area contributed by atoms with Crippen molar-refractivity contribution in [3.63, 3.8) is 0 Å². The van der Waals surface area contributed by atoms with Gasteiger partial charge in [0.25, 0.3) is 0 Å². The molecule has 1 aliphatic carbocycles. The first kappa shape index (κ1) is 19.3. The number of benzene rings is 1. The summed E-state index contributed by atoms with van der Waals surface area (Å²) in [5.41, 5.74) is 3.15. The maximum atomic E-state index is 12.6. The Bertz CT molecular complexity index is 900. The zero-order valence-electron chi connectivity index (χ0n) is 17.7. The maximum Gasteiger partial charge on any atom is 0.233 e. The minimum absolute atomic E-state index is 0.167. The highest BCUT2D eigenvalue weighted by molar-refractivity contribution is 6.00. The van der Waals surface area contributed by atoms with E-state index in [1.165, 1.54) is 24.9 Å². The van der Waals surface area contributed by atoms with Gasteiger partial charge in [0.2, 0.25) is 11.9 Å². The Morgan fingerprint density at radius 3 is 2.47 bits per heavy atom. The molecule has 1 saturated heterocycles. The van der Waals surface area contributed by atoms with Crippen molar-refractivity contribution in [1.82, 2.24) is 14.9 Å². The molecule has 158 valence electrons. The highest BCUT2D eigenvalue weighted by atomic mass is 16.2. The van der Waals surface area contributed by atoms with Crippen LogP contribution in [-0.4, -0.2) is 60.0 Å². The quantitative estimate of drug-likeness (QED) is 0.841. The number of piperazine rings is 1. The predicted molar refractivity (Wildman–Crippen MR) is 120 cm³/mol. The summed E-state index contributed by atoms with van der Waals surface area (Å²) in [7, 11) is 2.17. The number of carbonyl (C=O) groups is 1. The molecule has 0 spiro atoms. The third kappa shape index (κ3) is 3.86. The summed E-state index contributed by atoms with van der Waals surface area (Å²) in [4.78, 5) is 28.6. The topological polar surface area (TPSA) is 64.6 Å². The zero-order chi connectivity index (χ0) is 20.5. The molecule has 3 aliphatic rings. The van der Waals surface area contributed by atoms with Crippen molar-refractivity contribution in [3.05, 3.63) is 36.0 Å². The number of anilines is 4. The molecule has 7 heteroatoms. The summed E-state index contributed by atoms with van der Waals surface area (Å²) >= 11 is 0. The van der Waals surface area contributed by atoms with E-state index in [9.17, 15) is 4.79 Å². The van der Waals surface area contributed by atoms with E-state index in [2.05, 4.69) is 51.4 Å². The van der Waals surface area contributed by atoms with Gasteiger partial charge in [-0.15, -0.1) is 0 Å². The molecule has 2 fully saturated rings. The highest BCUT2D eigenvalue weighted by Gasteiger charge is 2.35. The Morgan fingerprint density at radius 2 is 1.73 bits per heavy atom. The van der Waals surface area contributed by atoms with Crippen LogP contribution in [0.5, 0.6) is 0 Å². The molecule has 30 heavy (non-hydrogen) atoms. The number of amides is 1. The van der Waals surface area contributed by atoms with E-state index >= 15 is 0 Å². The van der Waals surface area contributed by atoms with Gasteiger partial charge in [0.15, 0.2) is 0 Å². The van der Waals surface area contributed by atoms with Gasteiger partial charge in [-0.3, -0.25) is 9.69 Å². The molecule has 1 saturated carbocycles. The highest BCUT2D eigenvalue weighted by Crippen LogP contribution is 2.34. The Labute approximate surface area is 178 Å². The normalized spacial score (nSPS) is 20.5. The van der Waals surface area contributed by atoms with Crippen molar-refractivity contribution < 1.29 is 4.79 Å². The van der Waals surface area contributed by atoms with Crippen molar-refractivity contribution in [1.29, 1.82) is 0 Å². The van der Waals surface area contributed by atoms with Crippen molar-refractivity contribution in [2.24, 2.45) is 0 Å². The number of aromatic nitrogens is 2. The van der Waals surface area contributed by atoms with E-state index < -0.39 is 0 Å². The third-order valence-electron chi connectivity index (χ3n) is 6.61. The van der Waals surface area contributed by atoms with Gasteiger partial charge in [0, 0.05) is 55.4 Å². The minimum Gasteiger partial charge on any atom is -0.369 e. The number of likely N-dealkylation sites (N-methyl/N-ethyl adjacent to an activating group) is 1. The molecular weight excluding hydrogens is 376 g/mol. The van der Waals surface area contributed by atoms with Crippen LogP contribution < -0.4 is 15.1 Å². The van der Waals surface area contributed by atoms with Gasteiger partial charge in [0.05, 0.1) is 6.42 Å². The average molecular weight is 407 g/mol. The molecule has 2 aliphatic heterocycles. The Hall–Kier alpha value is -2.67. The van der Waals surface area contributed by atoms with Gasteiger partial charge in [-0.2, -0.15) is 4.98 Å². The fourth-order valence-corrected chi connectivity index (χ4v) is 4.82. The summed E-state index contributed by atoms with van der Waals surface area (Å²) in [5, 5.41) is 3.32. The maximum absolute atomic E-state index is 12.6. The van der Waals surface area contributed by atoms with Crippen LogP contribution in [0.3, 0.4) is 0 Å². The molecule has 5 rings (SSSR count). The predicted octanol–water partition coefficient (Wildman–Crippen LogP) is 3.19. The van der Waals surface area contributed by atoms with Crippen LogP contribution >= 0.6 is 0 Å². The van der Waals surface area contributed by atoms with Gasteiger partial charge in [-0.25, -0.2) is 4.98 Å². The molecule has 0 atom stereocenters. The van der Waals surface area contributed by atoms with E-state index in [4.69, 9.17) is 4.98 Å². The van der Waals surface area contributed by atoms with Crippen molar-refractivity contribution in [2.45, 2.75) is 44.6 Å². The van der Waals surface area contributed by atoms with E-state index in [1.807, 2.05) is 11.1 Å². The standard InChI is InChI=1S/C23H30N6O/c1-27-11-13-28(14-12-27)19-9-7-18(8-10-19)25-23-24-16-17-15-21(30)29(22(17)26-23)20-5-3-2-4-6-20/h7-10,16,20H,2-6,11-15H2,1H3,(H,24,25,26). The number of nitrogens with one attached hydrogen (secondary N) is 1. The Kier molecular flexibility index (Phi) is 5.29. The van der Waals surface area contributed by atoms with Crippen LogP contribution in [0.1, 0.15) is 37.7 Å². The number of rotatable bonds is 4. The largest absolute Gasteiger partial charge is 0.369 e. The second-order valence-corrected chi connectivity index (χ2v) is 8.74. The van der Waals surface area contributed by atoms with Crippen molar-refractivity contribution in [3.8, 4) is 0 Å². The van der Waals surface area contributed by atoms with Crippen LogP contribution in [-0.2, 0) is 11.2 Å². The number of carbonyl (C=O) groups excluding carboxylic acids is 1. The minimum atomic E-state index is 0.167. The van der Waals surface area contributed by atoms with Crippen LogP contribution in [0.2, 0.25) is 0 Å². The van der Waals surface area contributed by atoms with Gasteiger partial charge in [0.1, 0.15) is 5.82 Å². The number of fused-ring (bicyclic) bond motifs is 1. The Balaban J connectivity index is 1.30. The van der Waals surface area contributed by atoms with Crippen LogP contribution in [0.4, 0.5) is 23.1 Å². The molecular formula is C23H30N6O. The van der Waals surface area contributed by atoms with Gasteiger partial charge >= 0.3 is 0 Å². The molecule has 7 nitrogen and oxygen atoms in total. The lowest BCUT2D eigenvalue weighted by Crippen LogP contribution is -2.44. The molecule has 1 aromatic heterocycles. The zero-order valence-corrected chi connectivity index (χ0v) is 17.7. The van der Waals surface area contributed by atoms with E-state index in [-0.39, 0.29) is 11.9 Å². The SMILES string of the molecule is CN1CCN(c2ccc(Nc3ncc4c(n3)N(C3CCCCC3)C(=O)C4)cc2)CC1. The first-order chi connectivity index (χ1) is 14.7. The molecule has 1 N–H and O–H groups in total. The van der Waals surface area contributed by atoms with Crippen LogP contribution in [0.15, 0.2) is 30.5 Å². The van der Waals surface area contributed by atoms with E-state index in [1.54, 1.807) is 0 Å². The molecule has 0 unspecified atom stereocenters. The molecule has 0 radical (unpaired) electrons. The lowest BCUT2D eigenvalue weighted by Gasteiger charge is -2.34. The fourth-order valence-electron chi connectivity index (χ4n) is 4.82.